The standard InChI is InChI=1S/C15H21N3S2/c1-10-8-14(13-5-7-19-15(13)20-10)16-6-3-4-12-9-17-18-11(12)2/h5,7,9-10,14,16H,3-4,6,8H2,1-2H3,(H,17,18)/t10-,14?/m0/s1. The molecule has 1 aliphatic heterocycles. The number of nitrogens with one attached hydrogen (secondary N) is 2. The number of fused-ring (bicyclic) bond motifs is 1. The van der Waals surface area contributed by atoms with Gasteiger partial charge in [-0.3, -0.25) is 5.10 Å². The van der Waals surface area contributed by atoms with Crippen molar-refractivity contribution in [3.63, 3.8) is 0 Å². The van der Waals surface area contributed by atoms with Crippen LogP contribution in [0.5, 0.6) is 0 Å². The summed E-state index contributed by atoms with van der Waals surface area (Å²) in [5.74, 6) is 0. The number of H-pyrrole nitrogens is 1. The number of thiophene rings is 1. The minimum absolute atomic E-state index is 0.540. The van der Waals surface area contributed by atoms with Crippen LogP contribution in [0, 0.1) is 6.92 Å². The van der Waals surface area contributed by atoms with E-state index < -0.39 is 0 Å². The first-order valence-corrected chi connectivity index (χ1v) is 8.96. The maximum absolute atomic E-state index is 4.08. The van der Waals surface area contributed by atoms with Gasteiger partial charge in [-0.15, -0.1) is 23.1 Å². The molecule has 0 aromatic carbocycles. The van der Waals surface area contributed by atoms with Gasteiger partial charge in [0.05, 0.1) is 10.4 Å². The molecular weight excluding hydrogens is 286 g/mol. The van der Waals surface area contributed by atoms with Crippen LogP contribution < -0.4 is 5.32 Å². The zero-order chi connectivity index (χ0) is 13.9. The Morgan fingerprint density at radius 1 is 1.50 bits per heavy atom. The van der Waals surface area contributed by atoms with Crippen molar-refractivity contribution in [3.8, 4) is 0 Å². The monoisotopic (exact) mass is 307 g/mol. The number of aromatic nitrogens is 2. The molecule has 108 valence electrons. The fourth-order valence-electron chi connectivity index (χ4n) is 2.73. The van der Waals surface area contributed by atoms with Crippen molar-refractivity contribution in [3.05, 3.63) is 34.5 Å². The van der Waals surface area contributed by atoms with E-state index in [1.165, 1.54) is 27.5 Å². The quantitative estimate of drug-likeness (QED) is 0.822. The summed E-state index contributed by atoms with van der Waals surface area (Å²) < 4.78 is 1.51. The molecule has 5 heteroatoms. The van der Waals surface area contributed by atoms with E-state index in [4.69, 9.17) is 0 Å². The van der Waals surface area contributed by atoms with Crippen LogP contribution in [-0.2, 0) is 6.42 Å². The minimum atomic E-state index is 0.540. The highest BCUT2D eigenvalue weighted by Gasteiger charge is 2.25. The van der Waals surface area contributed by atoms with Crippen LogP contribution in [0.25, 0.3) is 0 Å². The van der Waals surface area contributed by atoms with Crippen molar-refractivity contribution < 1.29 is 0 Å². The van der Waals surface area contributed by atoms with Crippen LogP contribution in [0.4, 0.5) is 0 Å². The molecule has 2 aromatic rings. The van der Waals surface area contributed by atoms with E-state index in [9.17, 15) is 0 Å². The van der Waals surface area contributed by atoms with Gasteiger partial charge in [0.25, 0.3) is 0 Å². The molecule has 1 unspecified atom stereocenters. The molecule has 2 aromatic heterocycles. The van der Waals surface area contributed by atoms with Crippen molar-refractivity contribution in [2.75, 3.05) is 6.54 Å². The molecule has 20 heavy (non-hydrogen) atoms. The van der Waals surface area contributed by atoms with Crippen LogP contribution in [0.15, 0.2) is 21.9 Å². The van der Waals surface area contributed by atoms with Gasteiger partial charge in [0.1, 0.15) is 0 Å². The zero-order valence-corrected chi connectivity index (χ0v) is 13.6. The van der Waals surface area contributed by atoms with Gasteiger partial charge in [-0.2, -0.15) is 5.10 Å². The number of nitrogens with zero attached hydrogens (tertiary/aromatic N) is 1. The molecule has 0 saturated heterocycles. The predicted molar refractivity (Wildman–Crippen MR) is 86.6 cm³/mol. The minimum Gasteiger partial charge on any atom is -0.310 e. The molecule has 0 spiro atoms. The number of hydrogen-bond acceptors (Lipinski definition) is 4. The summed E-state index contributed by atoms with van der Waals surface area (Å²) >= 11 is 3.91. The van der Waals surface area contributed by atoms with Crippen LogP contribution in [0.3, 0.4) is 0 Å². The number of aryl methyl sites for hydroxylation is 2. The van der Waals surface area contributed by atoms with Gasteiger partial charge in [-0.1, -0.05) is 6.92 Å². The largest absolute Gasteiger partial charge is 0.310 e. The van der Waals surface area contributed by atoms with Crippen molar-refractivity contribution in [2.24, 2.45) is 0 Å². The Bertz CT molecular complexity index is 561. The molecule has 3 nitrogen and oxygen atoms in total. The Morgan fingerprint density at radius 3 is 3.20 bits per heavy atom. The third-order valence-corrected chi connectivity index (χ3v) is 6.20. The summed E-state index contributed by atoms with van der Waals surface area (Å²) in [4.78, 5) is 0. The first kappa shape index (κ1) is 14.2. The molecule has 3 rings (SSSR count). The highest BCUT2D eigenvalue weighted by Crippen LogP contribution is 2.43. The molecule has 2 atom stereocenters. The van der Waals surface area contributed by atoms with E-state index in [1.54, 1.807) is 0 Å². The van der Waals surface area contributed by atoms with E-state index in [2.05, 4.69) is 40.8 Å². The van der Waals surface area contributed by atoms with Gasteiger partial charge >= 0.3 is 0 Å². The van der Waals surface area contributed by atoms with E-state index in [1.807, 2.05) is 29.3 Å². The van der Waals surface area contributed by atoms with E-state index in [0.29, 0.717) is 6.04 Å². The topological polar surface area (TPSA) is 40.7 Å². The lowest BCUT2D eigenvalue weighted by Crippen LogP contribution is -2.27. The highest BCUT2D eigenvalue weighted by atomic mass is 32.2. The fraction of sp³-hybridized carbons (Fsp3) is 0.533. The second-order valence-corrected chi connectivity index (χ2v) is 8.08. The first-order chi connectivity index (χ1) is 9.74. The molecular formula is C15H21N3S2. The summed E-state index contributed by atoms with van der Waals surface area (Å²) in [5, 5.41) is 13.8. The maximum Gasteiger partial charge on any atom is 0.0649 e. The lowest BCUT2D eigenvalue weighted by atomic mass is 10.0. The van der Waals surface area contributed by atoms with Gasteiger partial charge in [-0.25, -0.2) is 0 Å². The van der Waals surface area contributed by atoms with Gasteiger partial charge in [-0.05, 0) is 55.3 Å². The molecule has 3 heterocycles. The number of rotatable bonds is 5. The van der Waals surface area contributed by atoms with Crippen molar-refractivity contribution in [1.29, 1.82) is 0 Å². The van der Waals surface area contributed by atoms with E-state index in [-0.39, 0.29) is 0 Å². The average Bonchev–Trinajstić information content (AvgIpc) is 3.03. The fourth-order valence-corrected chi connectivity index (χ4v) is 5.29. The van der Waals surface area contributed by atoms with Gasteiger partial charge in [0, 0.05) is 17.0 Å². The Balaban J connectivity index is 1.51. The summed E-state index contributed by atoms with van der Waals surface area (Å²) in [5.41, 5.74) is 4.06. The smallest absolute Gasteiger partial charge is 0.0649 e. The first-order valence-electron chi connectivity index (χ1n) is 7.20. The molecule has 2 N–H and O–H groups in total. The van der Waals surface area contributed by atoms with Crippen LogP contribution in [0.1, 0.15) is 42.6 Å². The average molecular weight is 307 g/mol. The van der Waals surface area contributed by atoms with E-state index in [0.717, 1.165) is 24.6 Å². The van der Waals surface area contributed by atoms with Crippen molar-refractivity contribution >= 4 is 23.1 Å². The second-order valence-electron chi connectivity index (χ2n) is 5.46. The van der Waals surface area contributed by atoms with Crippen molar-refractivity contribution in [2.45, 2.75) is 48.6 Å². The molecule has 1 aliphatic rings. The Kier molecular flexibility index (Phi) is 4.48. The normalized spacial score (nSPS) is 21.9. The van der Waals surface area contributed by atoms with Crippen LogP contribution in [-0.4, -0.2) is 22.0 Å². The maximum atomic E-state index is 4.08. The summed E-state index contributed by atoms with van der Waals surface area (Å²) in [6.07, 6.45) is 5.45. The SMILES string of the molecule is Cc1[nH]ncc1CCCNC1C[C@H](C)Sc2sccc21. The molecule has 0 bridgehead atoms. The van der Waals surface area contributed by atoms with Gasteiger partial charge in [0.15, 0.2) is 0 Å². The Morgan fingerprint density at radius 2 is 2.40 bits per heavy atom. The van der Waals surface area contributed by atoms with Gasteiger partial charge in [0.2, 0.25) is 0 Å². The third-order valence-electron chi connectivity index (χ3n) is 3.86. The van der Waals surface area contributed by atoms with Crippen LogP contribution >= 0.6 is 23.1 Å². The molecule has 0 aliphatic carbocycles. The predicted octanol–water partition coefficient (Wildman–Crippen LogP) is 3.93. The Hall–Kier alpha value is -0.780. The van der Waals surface area contributed by atoms with Gasteiger partial charge < -0.3 is 5.32 Å². The molecule has 0 amide bonds. The lowest BCUT2D eigenvalue weighted by Gasteiger charge is -2.27. The number of aromatic amines is 1. The second kappa shape index (κ2) is 6.33. The third kappa shape index (κ3) is 3.10. The summed E-state index contributed by atoms with van der Waals surface area (Å²) in [7, 11) is 0. The number of hydrogen-bond donors (Lipinski definition) is 2. The lowest BCUT2D eigenvalue weighted by molar-refractivity contribution is 0.482. The summed E-state index contributed by atoms with van der Waals surface area (Å²) in [6, 6.07) is 2.83. The molecule has 0 fully saturated rings. The van der Waals surface area contributed by atoms with E-state index >= 15 is 0 Å². The number of thioether (sulfide) groups is 1. The molecule has 0 saturated carbocycles. The van der Waals surface area contributed by atoms with Crippen molar-refractivity contribution in [1.82, 2.24) is 15.5 Å². The zero-order valence-electron chi connectivity index (χ0n) is 12.0. The Labute approximate surface area is 128 Å². The molecule has 0 radical (unpaired) electrons. The van der Waals surface area contributed by atoms with Crippen LogP contribution in [0.2, 0.25) is 0 Å². The highest BCUT2D eigenvalue weighted by molar-refractivity contribution is 8.01. The summed E-state index contributed by atoms with van der Waals surface area (Å²) in [6.45, 7) is 5.49.